The highest BCUT2D eigenvalue weighted by molar-refractivity contribution is 4.96. The molecule has 0 spiro atoms. The van der Waals surface area contributed by atoms with Crippen molar-refractivity contribution in [3.8, 4) is 0 Å². The lowest BCUT2D eigenvalue weighted by atomic mass is 9.75. The van der Waals surface area contributed by atoms with Gasteiger partial charge in [0.2, 0.25) is 0 Å². The third-order valence-electron chi connectivity index (χ3n) is 6.22. The smallest absolute Gasteiger partial charge is 0.0252 e. The van der Waals surface area contributed by atoms with Crippen LogP contribution in [-0.2, 0) is 0 Å². The zero-order chi connectivity index (χ0) is 13.9. The summed E-state index contributed by atoms with van der Waals surface area (Å²) in [5.74, 6) is 1.81. The maximum Gasteiger partial charge on any atom is 0.0252 e. The van der Waals surface area contributed by atoms with Gasteiger partial charge in [-0.25, -0.2) is 0 Å². The molecule has 2 heterocycles. The molecule has 0 aromatic carbocycles. The molecule has 2 heteroatoms. The fourth-order valence-corrected chi connectivity index (χ4v) is 5.19. The Morgan fingerprint density at radius 1 is 0.850 bits per heavy atom. The summed E-state index contributed by atoms with van der Waals surface area (Å²) in [6.45, 7) is 7.54. The summed E-state index contributed by atoms with van der Waals surface area (Å²) < 4.78 is 0. The molecule has 4 atom stereocenters. The third kappa shape index (κ3) is 3.06. The van der Waals surface area contributed by atoms with Crippen molar-refractivity contribution in [2.45, 2.75) is 89.8 Å². The van der Waals surface area contributed by atoms with E-state index >= 15 is 0 Å². The number of hydrogen-bond donors (Lipinski definition) is 1. The maximum atomic E-state index is 3.80. The minimum Gasteiger partial charge on any atom is -0.312 e. The van der Waals surface area contributed by atoms with E-state index < -0.39 is 0 Å². The molecule has 116 valence electrons. The van der Waals surface area contributed by atoms with E-state index in [0.29, 0.717) is 0 Å². The van der Waals surface area contributed by atoms with Gasteiger partial charge in [-0.1, -0.05) is 33.1 Å². The normalized spacial score (nSPS) is 40.4. The van der Waals surface area contributed by atoms with Crippen molar-refractivity contribution in [1.29, 1.82) is 0 Å². The van der Waals surface area contributed by atoms with Crippen molar-refractivity contribution in [2.75, 3.05) is 13.1 Å². The number of likely N-dealkylation sites (tertiary alicyclic amines) is 1. The predicted octanol–water partition coefficient (Wildman–Crippen LogP) is 3.81. The lowest BCUT2D eigenvalue weighted by Crippen LogP contribution is -2.57. The molecule has 20 heavy (non-hydrogen) atoms. The average molecular weight is 278 g/mol. The van der Waals surface area contributed by atoms with Crippen LogP contribution in [-0.4, -0.2) is 36.1 Å². The first-order valence-electron chi connectivity index (χ1n) is 9.26. The highest BCUT2D eigenvalue weighted by Gasteiger charge is 2.39. The first-order chi connectivity index (χ1) is 9.77. The molecule has 2 aliphatic heterocycles. The van der Waals surface area contributed by atoms with Crippen LogP contribution < -0.4 is 5.32 Å². The van der Waals surface area contributed by atoms with Crippen LogP contribution in [0.25, 0.3) is 0 Å². The van der Waals surface area contributed by atoms with Crippen molar-refractivity contribution in [3.05, 3.63) is 0 Å². The molecule has 0 radical (unpaired) electrons. The fraction of sp³-hybridized carbons (Fsp3) is 1.00. The molecule has 3 rings (SSSR count). The van der Waals surface area contributed by atoms with Crippen LogP contribution in [0.15, 0.2) is 0 Å². The monoisotopic (exact) mass is 278 g/mol. The first-order valence-corrected chi connectivity index (χ1v) is 9.26. The Bertz CT molecular complexity index is 296. The summed E-state index contributed by atoms with van der Waals surface area (Å²) >= 11 is 0. The van der Waals surface area contributed by atoms with Crippen LogP contribution in [0.1, 0.15) is 71.6 Å². The molecule has 1 N–H and O–H groups in total. The number of piperidine rings is 1. The van der Waals surface area contributed by atoms with E-state index in [2.05, 4.69) is 24.1 Å². The van der Waals surface area contributed by atoms with Crippen LogP contribution in [0.2, 0.25) is 0 Å². The third-order valence-corrected chi connectivity index (χ3v) is 6.22. The number of hydrogen-bond acceptors (Lipinski definition) is 2. The Morgan fingerprint density at radius 3 is 2.35 bits per heavy atom. The minimum atomic E-state index is 0.796. The first kappa shape index (κ1) is 14.8. The van der Waals surface area contributed by atoms with E-state index in [9.17, 15) is 0 Å². The van der Waals surface area contributed by atoms with E-state index in [4.69, 9.17) is 0 Å². The van der Waals surface area contributed by atoms with E-state index in [-0.39, 0.29) is 0 Å². The Kier molecular flexibility index (Phi) is 5.04. The Hall–Kier alpha value is -0.0800. The van der Waals surface area contributed by atoms with Gasteiger partial charge in [0.15, 0.2) is 0 Å². The minimum absolute atomic E-state index is 0.796. The Morgan fingerprint density at radius 2 is 1.60 bits per heavy atom. The number of rotatable bonds is 3. The summed E-state index contributed by atoms with van der Waals surface area (Å²) in [5.41, 5.74) is 0. The van der Waals surface area contributed by atoms with Gasteiger partial charge in [0, 0.05) is 18.1 Å². The lowest BCUT2D eigenvalue weighted by Gasteiger charge is -2.49. The Labute approximate surface area is 125 Å². The number of nitrogens with zero attached hydrogens (tertiary/aromatic N) is 1. The predicted molar refractivity (Wildman–Crippen MR) is 86.0 cm³/mol. The van der Waals surface area contributed by atoms with E-state index in [0.717, 1.165) is 30.0 Å². The zero-order valence-electron chi connectivity index (χ0n) is 13.6. The van der Waals surface area contributed by atoms with Gasteiger partial charge in [-0.15, -0.1) is 0 Å². The van der Waals surface area contributed by atoms with Gasteiger partial charge in [0.1, 0.15) is 0 Å². The molecule has 3 fully saturated rings. The fourth-order valence-electron chi connectivity index (χ4n) is 5.19. The second kappa shape index (κ2) is 6.79. The highest BCUT2D eigenvalue weighted by atomic mass is 15.2. The zero-order valence-corrected chi connectivity index (χ0v) is 13.6. The molecular formula is C18H34N2. The van der Waals surface area contributed by atoms with Gasteiger partial charge in [-0.05, 0) is 63.5 Å². The molecule has 2 saturated heterocycles. The van der Waals surface area contributed by atoms with Crippen molar-refractivity contribution in [1.82, 2.24) is 10.2 Å². The van der Waals surface area contributed by atoms with E-state index in [1.165, 1.54) is 70.9 Å². The van der Waals surface area contributed by atoms with Crippen molar-refractivity contribution in [3.63, 3.8) is 0 Å². The molecule has 4 unspecified atom stereocenters. The van der Waals surface area contributed by atoms with Gasteiger partial charge in [-0.2, -0.15) is 0 Å². The molecule has 1 saturated carbocycles. The maximum absolute atomic E-state index is 3.80. The summed E-state index contributed by atoms with van der Waals surface area (Å²) in [5, 5.41) is 3.80. The summed E-state index contributed by atoms with van der Waals surface area (Å²) in [6.07, 6.45) is 13.0. The molecular weight excluding hydrogens is 244 g/mol. The quantitative estimate of drug-likeness (QED) is 0.844. The SMILES string of the molecule is CC(C)C1CCCCC1N1CCCCC1C1CCCN1. The molecule has 0 amide bonds. The van der Waals surface area contributed by atoms with Crippen LogP contribution >= 0.6 is 0 Å². The van der Waals surface area contributed by atoms with E-state index in [1.807, 2.05) is 0 Å². The average Bonchev–Trinajstić information content (AvgIpc) is 3.01. The molecule has 0 bridgehead atoms. The molecule has 2 nitrogen and oxygen atoms in total. The molecule has 0 aromatic heterocycles. The summed E-state index contributed by atoms with van der Waals surface area (Å²) in [6, 6.07) is 2.53. The standard InChI is InChI=1S/C18H34N2/c1-14(2)15-8-3-4-10-17(15)20-13-6-5-11-18(20)16-9-7-12-19-16/h14-19H,3-13H2,1-2H3. The van der Waals surface area contributed by atoms with Crippen LogP contribution in [0.4, 0.5) is 0 Å². The largest absolute Gasteiger partial charge is 0.312 e. The van der Waals surface area contributed by atoms with Crippen molar-refractivity contribution < 1.29 is 0 Å². The van der Waals surface area contributed by atoms with Gasteiger partial charge >= 0.3 is 0 Å². The Balaban J connectivity index is 1.73. The lowest BCUT2D eigenvalue weighted by molar-refractivity contribution is 0.0110. The van der Waals surface area contributed by atoms with Crippen LogP contribution in [0.5, 0.6) is 0 Å². The van der Waals surface area contributed by atoms with E-state index in [1.54, 1.807) is 0 Å². The molecule has 3 aliphatic rings. The second-order valence-corrected chi connectivity index (χ2v) is 7.76. The van der Waals surface area contributed by atoms with Crippen molar-refractivity contribution in [2.24, 2.45) is 11.8 Å². The van der Waals surface area contributed by atoms with Gasteiger partial charge < -0.3 is 5.32 Å². The summed E-state index contributed by atoms with van der Waals surface area (Å²) in [4.78, 5) is 2.97. The summed E-state index contributed by atoms with van der Waals surface area (Å²) in [7, 11) is 0. The second-order valence-electron chi connectivity index (χ2n) is 7.76. The number of nitrogens with one attached hydrogen (secondary N) is 1. The van der Waals surface area contributed by atoms with Gasteiger partial charge in [0.05, 0.1) is 0 Å². The van der Waals surface area contributed by atoms with Gasteiger partial charge in [-0.3, -0.25) is 4.90 Å². The van der Waals surface area contributed by atoms with Crippen LogP contribution in [0.3, 0.4) is 0 Å². The van der Waals surface area contributed by atoms with Crippen LogP contribution in [0, 0.1) is 11.8 Å². The van der Waals surface area contributed by atoms with Gasteiger partial charge in [0.25, 0.3) is 0 Å². The molecule has 1 aliphatic carbocycles. The highest BCUT2D eigenvalue weighted by Crippen LogP contribution is 2.37. The molecule has 0 aromatic rings. The van der Waals surface area contributed by atoms with Crippen molar-refractivity contribution >= 4 is 0 Å². The topological polar surface area (TPSA) is 15.3 Å².